The number of hydrogen-bond donors (Lipinski definition) is 2. The van der Waals surface area contributed by atoms with Gasteiger partial charge in [0.1, 0.15) is 16.8 Å². The highest BCUT2D eigenvalue weighted by Gasteiger charge is 2.16. The fraction of sp³-hybridized carbons (Fsp3) is 0.160. The van der Waals surface area contributed by atoms with E-state index in [0.717, 1.165) is 44.7 Å². The predicted octanol–water partition coefficient (Wildman–Crippen LogP) is 6.26. The van der Waals surface area contributed by atoms with Gasteiger partial charge < -0.3 is 15.0 Å². The van der Waals surface area contributed by atoms with Crippen molar-refractivity contribution < 1.29 is 4.74 Å². The smallest absolute Gasteiger partial charge is 0.248 e. The molecule has 0 atom stereocenters. The fourth-order valence-corrected chi connectivity index (χ4v) is 3.60. The van der Waals surface area contributed by atoms with Gasteiger partial charge in [-0.3, -0.25) is 0 Å². The topological polar surface area (TPSA) is 86.6 Å². The normalized spacial score (nSPS) is 11.1. The average molecular weight is 409 g/mol. The Hall–Kier alpha value is -4.11. The SMILES string of the molecule is Cc1cc(C)c(Oc2nc(Nc3ccc(/C=C/C#N)cc3)nc3c(C)c[nH]c23)c(C)c1. The van der Waals surface area contributed by atoms with Crippen LogP contribution in [0.3, 0.4) is 0 Å². The average Bonchev–Trinajstić information content (AvgIpc) is 3.11. The van der Waals surface area contributed by atoms with Crippen LogP contribution in [-0.2, 0) is 0 Å². The van der Waals surface area contributed by atoms with Gasteiger partial charge in [0.25, 0.3) is 0 Å². The molecule has 2 aromatic heterocycles. The zero-order chi connectivity index (χ0) is 22.0. The second-order valence-electron chi connectivity index (χ2n) is 7.59. The number of aryl methyl sites for hydroxylation is 4. The lowest BCUT2D eigenvalue weighted by molar-refractivity contribution is 0.461. The van der Waals surface area contributed by atoms with Gasteiger partial charge in [0, 0.05) is 18.0 Å². The number of fused-ring (bicyclic) bond motifs is 1. The van der Waals surface area contributed by atoms with Crippen molar-refractivity contribution in [1.82, 2.24) is 15.0 Å². The summed E-state index contributed by atoms with van der Waals surface area (Å²) < 4.78 is 6.30. The molecule has 0 saturated heterocycles. The van der Waals surface area contributed by atoms with E-state index in [1.165, 1.54) is 11.6 Å². The van der Waals surface area contributed by atoms with Gasteiger partial charge in [-0.2, -0.15) is 10.2 Å². The van der Waals surface area contributed by atoms with Gasteiger partial charge in [0.05, 0.1) is 6.07 Å². The van der Waals surface area contributed by atoms with Crippen LogP contribution < -0.4 is 10.1 Å². The number of benzene rings is 2. The molecule has 31 heavy (non-hydrogen) atoms. The highest BCUT2D eigenvalue weighted by molar-refractivity contribution is 5.85. The van der Waals surface area contributed by atoms with Crippen LogP contribution in [0.4, 0.5) is 11.6 Å². The molecule has 6 heteroatoms. The van der Waals surface area contributed by atoms with Crippen LogP contribution in [0.15, 0.2) is 48.7 Å². The number of nitriles is 1. The van der Waals surface area contributed by atoms with Gasteiger partial charge in [-0.25, -0.2) is 4.98 Å². The van der Waals surface area contributed by atoms with E-state index in [1.807, 2.05) is 57.3 Å². The number of anilines is 2. The largest absolute Gasteiger partial charge is 0.436 e. The molecule has 0 amide bonds. The first-order chi connectivity index (χ1) is 14.9. The molecule has 0 bridgehead atoms. The second-order valence-corrected chi connectivity index (χ2v) is 7.59. The highest BCUT2D eigenvalue weighted by atomic mass is 16.5. The number of nitrogens with one attached hydrogen (secondary N) is 2. The van der Waals surface area contributed by atoms with E-state index < -0.39 is 0 Å². The third kappa shape index (κ3) is 4.26. The lowest BCUT2D eigenvalue weighted by Gasteiger charge is -2.14. The zero-order valence-electron chi connectivity index (χ0n) is 17.9. The number of allylic oxidation sites excluding steroid dienone is 1. The van der Waals surface area contributed by atoms with Gasteiger partial charge in [-0.15, -0.1) is 0 Å². The first-order valence-electron chi connectivity index (χ1n) is 9.99. The van der Waals surface area contributed by atoms with Crippen molar-refractivity contribution in [2.24, 2.45) is 0 Å². The molecule has 0 aliphatic carbocycles. The van der Waals surface area contributed by atoms with Crippen molar-refractivity contribution in [3.63, 3.8) is 0 Å². The molecule has 0 aliphatic rings. The van der Waals surface area contributed by atoms with E-state index in [1.54, 1.807) is 6.08 Å². The van der Waals surface area contributed by atoms with Crippen LogP contribution in [-0.4, -0.2) is 15.0 Å². The van der Waals surface area contributed by atoms with Crippen LogP contribution in [0.25, 0.3) is 17.1 Å². The molecule has 0 unspecified atom stereocenters. The van der Waals surface area contributed by atoms with Gasteiger partial charge >= 0.3 is 0 Å². The Balaban J connectivity index is 1.71. The fourth-order valence-electron chi connectivity index (χ4n) is 3.60. The maximum atomic E-state index is 8.67. The summed E-state index contributed by atoms with van der Waals surface area (Å²) in [6.07, 6.45) is 5.11. The molecule has 0 spiro atoms. The van der Waals surface area contributed by atoms with Crippen molar-refractivity contribution in [2.75, 3.05) is 5.32 Å². The van der Waals surface area contributed by atoms with Gasteiger partial charge in [-0.05, 0) is 68.2 Å². The number of rotatable bonds is 5. The Morgan fingerprint density at radius 2 is 1.71 bits per heavy atom. The number of H-pyrrole nitrogens is 1. The van der Waals surface area contributed by atoms with E-state index >= 15 is 0 Å². The standard InChI is InChI=1S/C25H23N5O/c1-15-12-16(2)23(17(3)13-15)31-24-22-21(18(4)14-27-22)29-25(30-24)28-20-9-7-19(8-10-20)6-5-11-26/h5-10,12-14,27H,1-4H3,(H,28,29,30)/b6-5+. The first-order valence-corrected chi connectivity index (χ1v) is 9.99. The molecular formula is C25H23N5O. The number of aromatic amines is 1. The summed E-state index contributed by atoms with van der Waals surface area (Å²) in [5, 5.41) is 11.9. The van der Waals surface area contributed by atoms with Crippen LogP contribution in [0, 0.1) is 39.0 Å². The molecule has 0 saturated carbocycles. The van der Waals surface area contributed by atoms with Gasteiger partial charge in [0.15, 0.2) is 0 Å². The molecule has 2 N–H and O–H groups in total. The minimum atomic E-state index is 0.452. The summed E-state index contributed by atoms with van der Waals surface area (Å²) in [4.78, 5) is 12.6. The first kappa shape index (κ1) is 20.2. The zero-order valence-corrected chi connectivity index (χ0v) is 17.9. The Morgan fingerprint density at radius 3 is 2.39 bits per heavy atom. The molecular weight excluding hydrogens is 386 g/mol. The monoisotopic (exact) mass is 409 g/mol. The quantitative estimate of drug-likeness (QED) is 0.380. The molecule has 4 rings (SSSR count). The summed E-state index contributed by atoms with van der Waals surface area (Å²) in [5.74, 6) is 1.73. The Bertz CT molecular complexity index is 1300. The molecule has 6 nitrogen and oxygen atoms in total. The molecule has 0 fully saturated rings. The second kappa shape index (κ2) is 8.33. The van der Waals surface area contributed by atoms with Crippen LogP contribution in [0.5, 0.6) is 11.6 Å². The molecule has 2 aromatic carbocycles. The van der Waals surface area contributed by atoms with E-state index in [-0.39, 0.29) is 0 Å². The van der Waals surface area contributed by atoms with E-state index in [0.29, 0.717) is 11.8 Å². The number of aromatic nitrogens is 3. The van der Waals surface area contributed by atoms with Crippen LogP contribution in [0.1, 0.15) is 27.8 Å². The molecule has 0 aliphatic heterocycles. The minimum absolute atomic E-state index is 0.452. The van der Waals surface area contributed by atoms with Crippen LogP contribution >= 0.6 is 0 Å². The molecule has 154 valence electrons. The Labute approximate surface area is 181 Å². The van der Waals surface area contributed by atoms with Gasteiger partial charge in [-0.1, -0.05) is 29.8 Å². The maximum Gasteiger partial charge on any atom is 0.248 e. The molecule has 2 heterocycles. The summed E-state index contributed by atoms with van der Waals surface area (Å²) in [7, 11) is 0. The summed E-state index contributed by atoms with van der Waals surface area (Å²) >= 11 is 0. The van der Waals surface area contributed by atoms with Crippen molar-refractivity contribution in [1.29, 1.82) is 5.26 Å². The third-order valence-corrected chi connectivity index (χ3v) is 5.00. The van der Waals surface area contributed by atoms with E-state index in [2.05, 4.69) is 39.3 Å². The highest BCUT2D eigenvalue weighted by Crippen LogP contribution is 2.34. The van der Waals surface area contributed by atoms with Crippen LogP contribution in [0.2, 0.25) is 0 Å². The van der Waals surface area contributed by atoms with E-state index in [4.69, 9.17) is 10.00 Å². The predicted molar refractivity (Wildman–Crippen MR) is 124 cm³/mol. The number of hydrogen-bond acceptors (Lipinski definition) is 5. The maximum absolute atomic E-state index is 8.67. The third-order valence-electron chi connectivity index (χ3n) is 5.00. The number of nitrogens with zero attached hydrogens (tertiary/aromatic N) is 3. The molecule has 4 aromatic rings. The lowest BCUT2D eigenvalue weighted by Crippen LogP contribution is -2.01. The molecule has 0 radical (unpaired) electrons. The van der Waals surface area contributed by atoms with Crippen molar-refractivity contribution in [2.45, 2.75) is 27.7 Å². The summed E-state index contributed by atoms with van der Waals surface area (Å²) in [6.45, 7) is 8.15. The number of ether oxygens (including phenoxy) is 1. The van der Waals surface area contributed by atoms with Gasteiger partial charge in [0.2, 0.25) is 11.8 Å². The summed E-state index contributed by atoms with van der Waals surface area (Å²) in [5.41, 5.74) is 7.68. The van der Waals surface area contributed by atoms with Crippen molar-refractivity contribution >= 4 is 28.7 Å². The van der Waals surface area contributed by atoms with Crippen molar-refractivity contribution in [3.8, 4) is 17.7 Å². The summed E-state index contributed by atoms with van der Waals surface area (Å²) in [6, 6.07) is 13.9. The van der Waals surface area contributed by atoms with E-state index in [9.17, 15) is 0 Å². The minimum Gasteiger partial charge on any atom is -0.436 e. The van der Waals surface area contributed by atoms with Crippen molar-refractivity contribution in [3.05, 3.63) is 76.5 Å². The lowest BCUT2D eigenvalue weighted by atomic mass is 10.1. The Morgan fingerprint density at radius 1 is 1.00 bits per heavy atom. The Kier molecular flexibility index (Phi) is 5.42.